The number of fused-ring (bicyclic) bond motifs is 5. The van der Waals surface area contributed by atoms with Gasteiger partial charge in [0.2, 0.25) is 23.6 Å². The SMILES string of the molecule is O=C1C2CC=C3C(CC4C(=O)N(c5cccc(Cl)c5)C(=O)C4(c4ccccc4)C3c3ccc4ccccc4c3O)C2C(=O)N1Cc1ccccc1. The monoisotopic (exact) mass is 692 g/mol. The zero-order valence-corrected chi connectivity index (χ0v) is 28.2. The molecule has 252 valence electrons. The number of phenols is 1. The molecule has 0 aromatic heterocycles. The van der Waals surface area contributed by atoms with Crippen molar-refractivity contribution >= 4 is 51.7 Å². The van der Waals surface area contributed by atoms with Gasteiger partial charge in [-0.1, -0.05) is 126 Å². The van der Waals surface area contributed by atoms with Crippen molar-refractivity contribution in [2.24, 2.45) is 23.7 Å². The second-order valence-corrected chi connectivity index (χ2v) is 14.5. The Kier molecular flexibility index (Phi) is 7.26. The summed E-state index contributed by atoms with van der Waals surface area (Å²) in [6, 6.07) is 36.8. The number of phenolic OH excluding ortho intramolecular Hbond substituents is 1. The number of likely N-dealkylation sites (tertiary alicyclic amines) is 1. The summed E-state index contributed by atoms with van der Waals surface area (Å²) in [5.41, 5.74) is 1.70. The summed E-state index contributed by atoms with van der Waals surface area (Å²) in [4.78, 5) is 61.4. The summed E-state index contributed by atoms with van der Waals surface area (Å²) in [7, 11) is 0. The molecule has 1 N–H and O–H groups in total. The van der Waals surface area contributed by atoms with Gasteiger partial charge in [-0.05, 0) is 53.5 Å². The lowest BCUT2D eigenvalue weighted by molar-refractivity contribution is -0.141. The molecule has 51 heavy (non-hydrogen) atoms. The molecule has 8 heteroatoms. The van der Waals surface area contributed by atoms with Crippen LogP contribution >= 0.6 is 11.6 Å². The van der Waals surface area contributed by atoms with Gasteiger partial charge < -0.3 is 5.11 Å². The Hall–Kier alpha value is -5.53. The molecule has 6 atom stereocenters. The van der Waals surface area contributed by atoms with Gasteiger partial charge in [0.05, 0.1) is 35.4 Å². The van der Waals surface area contributed by atoms with Gasteiger partial charge in [0.1, 0.15) is 5.75 Å². The van der Waals surface area contributed by atoms with Crippen LogP contribution in [0.3, 0.4) is 0 Å². The Morgan fingerprint density at radius 1 is 0.745 bits per heavy atom. The van der Waals surface area contributed by atoms with Crippen LogP contribution in [0, 0.1) is 23.7 Å². The van der Waals surface area contributed by atoms with Gasteiger partial charge in [-0.2, -0.15) is 0 Å². The van der Waals surface area contributed by atoms with Gasteiger partial charge in [0.15, 0.2) is 0 Å². The number of imide groups is 2. The molecule has 3 fully saturated rings. The highest BCUT2D eigenvalue weighted by molar-refractivity contribution is 6.32. The number of anilines is 1. The molecular formula is C43H33ClN2O5. The van der Waals surface area contributed by atoms with E-state index in [0.717, 1.165) is 16.5 Å². The number of aromatic hydroxyl groups is 1. The summed E-state index contributed by atoms with van der Waals surface area (Å²) in [5.74, 6) is -4.80. The fourth-order valence-electron chi connectivity index (χ4n) is 9.58. The predicted octanol–water partition coefficient (Wildman–Crippen LogP) is 7.56. The number of hydrogen-bond donors (Lipinski definition) is 1. The second kappa shape index (κ2) is 11.8. The maximum absolute atomic E-state index is 15.4. The third-order valence-electron chi connectivity index (χ3n) is 11.7. The van der Waals surface area contributed by atoms with Gasteiger partial charge >= 0.3 is 0 Å². The van der Waals surface area contributed by atoms with E-state index in [1.54, 1.807) is 24.3 Å². The molecule has 2 aliphatic carbocycles. The first kappa shape index (κ1) is 31.5. The van der Waals surface area contributed by atoms with Crippen molar-refractivity contribution < 1.29 is 24.3 Å². The van der Waals surface area contributed by atoms with Crippen molar-refractivity contribution in [3.05, 3.63) is 155 Å². The highest BCUT2D eigenvalue weighted by Gasteiger charge is 2.70. The van der Waals surface area contributed by atoms with Crippen LogP contribution in [-0.4, -0.2) is 33.6 Å². The average Bonchev–Trinajstić information content (AvgIpc) is 3.53. The molecule has 6 unspecified atom stereocenters. The minimum atomic E-state index is -1.47. The standard InChI is InChI=1S/C43H33ClN2O5/c44-28-15-9-16-29(22-28)46-40(49)35-23-34-31(20-21-32-36(34)41(50)45(39(32)48)24-25-10-3-1-4-11-25)37(43(35,42(46)51)27-13-5-2-6-14-27)33-19-18-26-12-7-8-17-30(26)38(33)47/h1-20,22,32,34-37,47H,21,23-24H2. The lowest BCUT2D eigenvalue weighted by Crippen LogP contribution is -2.53. The molecule has 4 amide bonds. The highest BCUT2D eigenvalue weighted by Crippen LogP contribution is 2.65. The molecule has 5 aromatic carbocycles. The highest BCUT2D eigenvalue weighted by atomic mass is 35.5. The van der Waals surface area contributed by atoms with Crippen LogP contribution < -0.4 is 4.90 Å². The molecular weight excluding hydrogens is 660 g/mol. The second-order valence-electron chi connectivity index (χ2n) is 14.1. The molecule has 2 aliphatic heterocycles. The van der Waals surface area contributed by atoms with Crippen LogP contribution in [0.1, 0.15) is 35.4 Å². The van der Waals surface area contributed by atoms with E-state index in [4.69, 9.17) is 11.6 Å². The van der Waals surface area contributed by atoms with Crippen molar-refractivity contribution in [2.45, 2.75) is 30.7 Å². The number of benzene rings is 5. The number of rotatable bonds is 5. The Labute approximate surface area is 299 Å². The minimum absolute atomic E-state index is 0.0248. The summed E-state index contributed by atoms with van der Waals surface area (Å²) >= 11 is 6.42. The largest absolute Gasteiger partial charge is 0.507 e. The van der Waals surface area contributed by atoms with Gasteiger partial charge in [-0.25, -0.2) is 4.90 Å². The maximum Gasteiger partial charge on any atom is 0.246 e. The molecule has 1 saturated carbocycles. The summed E-state index contributed by atoms with van der Waals surface area (Å²) in [6.45, 7) is 0.166. The fraction of sp³-hybridized carbons (Fsp3) is 0.209. The number of halogens is 1. The van der Waals surface area contributed by atoms with E-state index in [2.05, 4.69) is 0 Å². The Morgan fingerprint density at radius 2 is 1.47 bits per heavy atom. The molecule has 9 rings (SSSR count). The number of hydrogen-bond acceptors (Lipinski definition) is 5. The van der Waals surface area contributed by atoms with Crippen LogP contribution in [0.25, 0.3) is 10.8 Å². The van der Waals surface area contributed by atoms with Crippen LogP contribution in [0.4, 0.5) is 5.69 Å². The van der Waals surface area contributed by atoms with Crippen molar-refractivity contribution in [1.82, 2.24) is 4.90 Å². The summed E-state index contributed by atoms with van der Waals surface area (Å²) in [6.07, 6.45) is 2.52. The third kappa shape index (κ3) is 4.50. The van der Waals surface area contributed by atoms with Gasteiger partial charge in [-0.15, -0.1) is 0 Å². The van der Waals surface area contributed by atoms with Crippen LogP contribution in [0.2, 0.25) is 5.02 Å². The molecule has 5 aromatic rings. The summed E-state index contributed by atoms with van der Waals surface area (Å²) < 4.78 is 0. The zero-order valence-electron chi connectivity index (χ0n) is 27.5. The number of amides is 4. The number of carbonyl (C=O) groups is 4. The molecule has 4 aliphatic rings. The van der Waals surface area contributed by atoms with Crippen LogP contribution in [0.5, 0.6) is 5.75 Å². The predicted molar refractivity (Wildman–Crippen MR) is 194 cm³/mol. The third-order valence-corrected chi connectivity index (χ3v) is 11.9. The van der Waals surface area contributed by atoms with E-state index in [0.29, 0.717) is 33.6 Å². The smallest absolute Gasteiger partial charge is 0.246 e. The molecule has 7 nitrogen and oxygen atoms in total. The van der Waals surface area contributed by atoms with Crippen LogP contribution in [-0.2, 0) is 31.1 Å². The number of allylic oxidation sites excluding steroid dienone is 2. The molecule has 0 radical (unpaired) electrons. The number of nitrogens with zero attached hydrogens (tertiary/aromatic N) is 2. The first-order chi connectivity index (χ1) is 24.8. The van der Waals surface area contributed by atoms with E-state index in [1.165, 1.54) is 9.80 Å². The Balaban J connectivity index is 1.27. The van der Waals surface area contributed by atoms with E-state index in [1.807, 2.05) is 103 Å². The van der Waals surface area contributed by atoms with E-state index in [9.17, 15) is 19.5 Å². The molecule has 2 heterocycles. The first-order valence-corrected chi connectivity index (χ1v) is 17.7. The van der Waals surface area contributed by atoms with E-state index < -0.39 is 46.8 Å². The van der Waals surface area contributed by atoms with Crippen molar-refractivity contribution in [3.63, 3.8) is 0 Å². The molecule has 0 spiro atoms. The quantitative estimate of drug-likeness (QED) is 0.152. The maximum atomic E-state index is 15.4. The Morgan fingerprint density at radius 3 is 2.24 bits per heavy atom. The fourth-order valence-corrected chi connectivity index (χ4v) is 9.76. The van der Waals surface area contributed by atoms with Gasteiger partial charge in [-0.3, -0.25) is 24.1 Å². The van der Waals surface area contributed by atoms with Crippen molar-refractivity contribution in [3.8, 4) is 5.75 Å². The summed E-state index contributed by atoms with van der Waals surface area (Å²) in [5, 5.41) is 14.0. The van der Waals surface area contributed by atoms with Gasteiger partial charge in [0, 0.05) is 21.9 Å². The lowest BCUT2D eigenvalue weighted by Gasteiger charge is -2.50. The topological polar surface area (TPSA) is 95.0 Å². The Bertz CT molecular complexity index is 2310. The van der Waals surface area contributed by atoms with Crippen molar-refractivity contribution in [2.75, 3.05) is 4.90 Å². The lowest BCUT2D eigenvalue weighted by atomic mass is 9.49. The number of carbonyl (C=O) groups excluding carboxylic acids is 4. The average molecular weight is 693 g/mol. The first-order valence-electron chi connectivity index (χ1n) is 17.3. The zero-order chi connectivity index (χ0) is 35.0. The molecule has 0 bridgehead atoms. The minimum Gasteiger partial charge on any atom is -0.507 e. The van der Waals surface area contributed by atoms with Crippen molar-refractivity contribution in [1.29, 1.82) is 0 Å². The van der Waals surface area contributed by atoms with Gasteiger partial charge in [0.25, 0.3) is 0 Å². The normalized spacial score (nSPS) is 27.0. The van der Waals surface area contributed by atoms with E-state index in [-0.39, 0.29) is 30.5 Å². The molecule has 2 saturated heterocycles. The van der Waals surface area contributed by atoms with Crippen LogP contribution in [0.15, 0.2) is 133 Å². The van der Waals surface area contributed by atoms with E-state index >= 15 is 4.79 Å².